The second-order valence-corrected chi connectivity index (χ2v) is 8.35. The Balaban J connectivity index is 0.00000225. The summed E-state index contributed by atoms with van der Waals surface area (Å²) in [5.41, 5.74) is -0.976. The highest BCUT2D eigenvalue weighted by Gasteiger charge is 2.49. The molecule has 1 heterocycles. The largest absolute Gasteiger partial charge is 1.00 e. The number of quaternary nitrogens is 1. The van der Waals surface area contributed by atoms with Crippen LogP contribution in [0.25, 0.3) is 0 Å². The van der Waals surface area contributed by atoms with E-state index in [4.69, 9.17) is 16.3 Å². The summed E-state index contributed by atoms with van der Waals surface area (Å²) in [6, 6.07) is 6.94. The molecule has 1 aliphatic heterocycles. The maximum Gasteiger partial charge on any atom is 0.343 e. The number of hydrogen-bond acceptors (Lipinski definition) is 3. The van der Waals surface area contributed by atoms with Crippen molar-refractivity contribution >= 4 is 17.6 Å². The minimum absolute atomic E-state index is 0. The van der Waals surface area contributed by atoms with Crippen LogP contribution in [0.15, 0.2) is 24.3 Å². The van der Waals surface area contributed by atoms with E-state index >= 15 is 0 Å². The number of carbonyl (C=O) groups excluding carboxylic acids is 1. The number of likely N-dealkylation sites (N-methyl/N-ethyl adjacent to an activating group) is 1. The predicted molar refractivity (Wildman–Crippen MR) is 93.6 cm³/mol. The normalized spacial score (nSPS) is 25.2. The zero-order valence-electron chi connectivity index (χ0n) is 14.9. The van der Waals surface area contributed by atoms with Gasteiger partial charge in [0.1, 0.15) is 6.54 Å². The molecule has 1 saturated carbocycles. The molecule has 140 valence electrons. The lowest BCUT2D eigenvalue weighted by atomic mass is 9.80. The van der Waals surface area contributed by atoms with Crippen molar-refractivity contribution in [2.24, 2.45) is 5.92 Å². The molecule has 0 radical (unpaired) electrons. The number of esters is 1. The molecule has 0 aromatic heterocycles. The highest BCUT2D eigenvalue weighted by atomic mass is 79.9. The molecule has 0 spiro atoms. The molecule has 6 heteroatoms. The van der Waals surface area contributed by atoms with Gasteiger partial charge in [0.05, 0.1) is 20.6 Å². The van der Waals surface area contributed by atoms with Gasteiger partial charge < -0.3 is 31.3 Å². The molecule has 1 aromatic carbocycles. The highest BCUT2D eigenvalue weighted by molar-refractivity contribution is 6.30. The van der Waals surface area contributed by atoms with Crippen LogP contribution in [-0.4, -0.2) is 48.8 Å². The molecule has 0 amide bonds. The Morgan fingerprint density at radius 1 is 1.20 bits per heavy atom. The Labute approximate surface area is 165 Å². The Hall–Kier alpha value is -0.620. The molecule has 0 bridgehead atoms. The maximum atomic E-state index is 13.0. The molecular formula is C19H27BrClNO3. The fraction of sp³-hybridized carbons (Fsp3) is 0.632. The summed E-state index contributed by atoms with van der Waals surface area (Å²) in [6.45, 7) is 1.79. The zero-order valence-corrected chi connectivity index (χ0v) is 17.2. The number of likely N-dealkylation sites (tertiary alicyclic amines) is 1. The van der Waals surface area contributed by atoms with Gasteiger partial charge in [-0.05, 0) is 30.5 Å². The summed E-state index contributed by atoms with van der Waals surface area (Å²) in [6.07, 6.45) is 4.51. The van der Waals surface area contributed by atoms with Crippen LogP contribution in [0.5, 0.6) is 0 Å². The van der Waals surface area contributed by atoms with Crippen LogP contribution in [0.2, 0.25) is 5.02 Å². The van der Waals surface area contributed by atoms with E-state index in [1.165, 1.54) is 0 Å². The molecule has 2 aliphatic rings. The zero-order chi connectivity index (χ0) is 17.4. The first kappa shape index (κ1) is 20.7. The van der Waals surface area contributed by atoms with E-state index in [1.54, 1.807) is 24.3 Å². The third-order valence-electron chi connectivity index (χ3n) is 5.57. The number of halogens is 2. The first-order chi connectivity index (χ1) is 11.3. The first-order valence-electron chi connectivity index (χ1n) is 8.83. The van der Waals surface area contributed by atoms with E-state index in [0.29, 0.717) is 10.6 Å². The van der Waals surface area contributed by atoms with Gasteiger partial charge in [0.2, 0.25) is 0 Å². The number of rotatable bonds is 4. The van der Waals surface area contributed by atoms with Gasteiger partial charge in [-0.1, -0.05) is 36.6 Å². The van der Waals surface area contributed by atoms with Gasteiger partial charge in [0.25, 0.3) is 0 Å². The third-order valence-corrected chi connectivity index (χ3v) is 5.82. The summed E-state index contributed by atoms with van der Waals surface area (Å²) in [5, 5.41) is 12.0. The van der Waals surface area contributed by atoms with Crippen molar-refractivity contribution in [3.8, 4) is 0 Å². The van der Waals surface area contributed by atoms with Crippen LogP contribution < -0.4 is 17.0 Å². The van der Waals surface area contributed by atoms with Gasteiger partial charge in [0.15, 0.2) is 11.7 Å². The Morgan fingerprint density at radius 2 is 1.80 bits per heavy atom. The van der Waals surface area contributed by atoms with Gasteiger partial charge in [-0.25, -0.2) is 4.79 Å². The molecule has 3 rings (SSSR count). The number of benzene rings is 1. The van der Waals surface area contributed by atoms with Crippen molar-refractivity contribution < 1.29 is 36.1 Å². The summed E-state index contributed by atoms with van der Waals surface area (Å²) < 4.78 is 6.62. The number of carbonyl (C=O) groups is 1. The standard InChI is InChI=1S/C19H27ClNO3.BrH/c1-21(2)12-11-17(13-21)24-18(22)19(23,14-5-3-4-6-14)15-7-9-16(20)10-8-15;/h7-10,14,17,23H,3-6,11-13H2,1-2H3;1H/q+1;/p-1/t17-,19+;/m0./s1. The average Bonchev–Trinajstić information content (AvgIpc) is 3.17. The number of nitrogens with zero attached hydrogens (tertiary/aromatic N) is 1. The van der Waals surface area contributed by atoms with Crippen molar-refractivity contribution in [2.45, 2.75) is 43.8 Å². The van der Waals surface area contributed by atoms with Crippen molar-refractivity contribution in [3.05, 3.63) is 34.9 Å². The Bertz CT molecular complexity index is 601. The molecular weight excluding hydrogens is 406 g/mol. The van der Waals surface area contributed by atoms with E-state index in [1.807, 2.05) is 0 Å². The van der Waals surface area contributed by atoms with Crippen LogP contribution in [0.4, 0.5) is 0 Å². The highest BCUT2D eigenvalue weighted by Crippen LogP contribution is 2.42. The predicted octanol–water partition coefficient (Wildman–Crippen LogP) is 0.114. The van der Waals surface area contributed by atoms with Crippen LogP contribution >= 0.6 is 11.6 Å². The third kappa shape index (κ3) is 4.38. The van der Waals surface area contributed by atoms with E-state index in [2.05, 4.69) is 14.1 Å². The molecule has 1 aliphatic carbocycles. The molecule has 1 aromatic rings. The minimum Gasteiger partial charge on any atom is -1.00 e. The topological polar surface area (TPSA) is 46.5 Å². The van der Waals surface area contributed by atoms with Crippen molar-refractivity contribution in [2.75, 3.05) is 27.2 Å². The summed E-state index contributed by atoms with van der Waals surface area (Å²) in [5.74, 6) is -0.585. The Kier molecular flexibility index (Phi) is 6.58. The summed E-state index contributed by atoms with van der Waals surface area (Å²) in [7, 11) is 4.27. The van der Waals surface area contributed by atoms with Crippen molar-refractivity contribution in [3.63, 3.8) is 0 Å². The number of aliphatic hydroxyl groups is 1. The van der Waals surface area contributed by atoms with Crippen LogP contribution in [0, 0.1) is 5.92 Å². The second kappa shape index (κ2) is 7.95. The monoisotopic (exact) mass is 431 g/mol. The van der Waals surface area contributed by atoms with Crippen LogP contribution in [-0.2, 0) is 15.1 Å². The van der Waals surface area contributed by atoms with Crippen LogP contribution in [0.3, 0.4) is 0 Å². The van der Waals surface area contributed by atoms with Crippen molar-refractivity contribution in [1.29, 1.82) is 0 Å². The fourth-order valence-electron chi connectivity index (χ4n) is 4.13. The van der Waals surface area contributed by atoms with E-state index in [9.17, 15) is 9.90 Å². The van der Waals surface area contributed by atoms with Gasteiger partial charge in [0, 0.05) is 17.4 Å². The minimum atomic E-state index is -1.57. The van der Waals surface area contributed by atoms with Gasteiger partial charge in [-0.3, -0.25) is 0 Å². The molecule has 1 saturated heterocycles. The van der Waals surface area contributed by atoms with Gasteiger partial charge in [-0.2, -0.15) is 0 Å². The first-order valence-corrected chi connectivity index (χ1v) is 9.20. The molecule has 25 heavy (non-hydrogen) atoms. The molecule has 0 unspecified atom stereocenters. The lowest BCUT2D eigenvalue weighted by Gasteiger charge is -2.33. The summed E-state index contributed by atoms with van der Waals surface area (Å²) >= 11 is 5.97. The quantitative estimate of drug-likeness (QED) is 0.543. The summed E-state index contributed by atoms with van der Waals surface area (Å²) in [4.78, 5) is 13.0. The van der Waals surface area contributed by atoms with Gasteiger partial charge >= 0.3 is 5.97 Å². The SMILES string of the molecule is C[N+]1(C)CC[C@H](OC(=O)[C@](O)(c2ccc(Cl)cc2)C2CCCC2)C1.[Br-]. The number of hydrogen-bond donors (Lipinski definition) is 1. The lowest BCUT2D eigenvalue weighted by molar-refractivity contribution is -0.879. The van der Waals surface area contributed by atoms with E-state index < -0.39 is 11.6 Å². The average molecular weight is 433 g/mol. The lowest BCUT2D eigenvalue weighted by Crippen LogP contribution is -3.00. The van der Waals surface area contributed by atoms with E-state index in [-0.39, 0.29) is 29.0 Å². The molecule has 2 atom stereocenters. The number of ether oxygens (including phenoxy) is 1. The fourth-order valence-corrected chi connectivity index (χ4v) is 4.26. The van der Waals surface area contributed by atoms with Crippen molar-refractivity contribution in [1.82, 2.24) is 0 Å². The van der Waals surface area contributed by atoms with Crippen LogP contribution in [0.1, 0.15) is 37.7 Å². The molecule has 1 N–H and O–H groups in total. The Morgan fingerprint density at radius 3 is 2.32 bits per heavy atom. The molecule has 4 nitrogen and oxygen atoms in total. The van der Waals surface area contributed by atoms with E-state index in [0.717, 1.165) is 49.7 Å². The maximum absolute atomic E-state index is 13.0. The second-order valence-electron chi connectivity index (χ2n) is 7.91. The smallest absolute Gasteiger partial charge is 0.343 e. The van der Waals surface area contributed by atoms with Gasteiger partial charge in [-0.15, -0.1) is 0 Å². The molecule has 2 fully saturated rings.